The first-order valence-electron chi connectivity index (χ1n) is 14.1. The first-order chi connectivity index (χ1) is 19.5. The number of carbonyl (C=O) groups excluding carboxylic acids is 2. The summed E-state index contributed by atoms with van der Waals surface area (Å²) in [7, 11) is 0. The number of nitrogens with one attached hydrogen (secondary N) is 1. The number of imidazole rings is 1. The molecule has 0 radical (unpaired) electrons. The second-order valence-corrected chi connectivity index (χ2v) is 10.9. The van der Waals surface area contributed by atoms with Gasteiger partial charge in [0.25, 0.3) is 5.91 Å². The predicted octanol–water partition coefficient (Wildman–Crippen LogP) is 4.19. The molecule has 3 aromatic carbocycles. The SMILES string of the molecule is CC(=O)[C@H](c1ccccc1)N1CN(c2ccccc2)C2(CCN(CCCn3c(=O)[nH]c4ccccc43)CC2)C1=O. The van der Waals surface area contributed by atoms with Gasteiger partial charge in [0, 0.05) is 25.3 Å². The fourth-order valence-corrected chi connectivity index (χ4v) is 6.55. The number of ketones is 1. The number of piperidine rings is 1. The summed E-state index contributed by atoms with van der Waals surface area (Å²) in [5.41, 5.74) is 2.87. The molecule has 4 aromatic rings. The van der Waals surface area contributed by atoms with Gasteiger partial charge in [0.05, 0.1) is 17.7 Å². The van der Waals surface area contributed by atoms with E-state index in [0.29, 0.717) is 26.1 Å². The van der Waals surface area contributed by atoms with Crippen LogP contribution in [0.2, 0.25) is 0 Å². The van der Waals surface area contributed by atoms with E-state index in [2.05, 4.69) is 26.9 Å². The van der Waals surface area contributed by atoms with Crippen LogP contribution in [-0.4, -0.2) is 62.9 Å². The highest BCUT2D eigenvalue weighted by Gasteiger charge is 2.55. The van der Waals surface area contributed by atoms with E-state index in [1.54, 1.807) is 11.8 Å². The van der Waals surface area contributed by atoms with Gasteiger partial charge >= 0.3 is 5.69 Å². The molecule has 0 unspecified atom stereocenters. The molecule has 40 heavy (non-hydrogen) atoms. The first-order valence-corrected chi connectivity index (χ1v) is 14.1. The lowest BCUT2D eigenvalue weighted by Gasteiger charge is -2.43. The standard InChI is InChI=1S/C32H35N5O3/c1-24(38)29(25-11-4-2-5-12-25)36-23-37(26-13-6-3-7-14-26)32(30(36)39)17-21-34(22-18-32)19-10-20-35-28-16-9-8-15-27(28)33-31(35)40/h2-9,11-16,29H,10,17-23H2,1H3,(H,33,40)/t29-/m1/s1. The molecule has 2 fully saturated rings. The zero-order valence-corrected chi connectivity index (χ0v) is 22.8. The number of likely N-dealkylation sites (tertiary alicyclic amines) is 1. The zero-order valence-electron chi connectivity index (χ0n) is 22.8. The molecule has 6 rings (SSSR count). The van der Waals surface area contributed by atoms with E-state index in [9.17, 15) is 14.4 Å². The molecule has 0 saturated carbocycles. The number of para-hydroxylation sites is 3. The number of Topliss-reactive ketones (excluding diaryl/α,β-unsaturated/α-hetero) is 1. The van der Waals surface area contributed by atoms with Crippen LogP contribution in [0.15, 0.2) is 89.7 Å². The van der Waals surface area contributed by atoms with Crippen LogP contribution < -0.4 is 10.6 Å². The number of anilines is 1. The van der Waals surface area contributed by atoms with Crippen molar-refractivity contribution in [2.24, 2.45) is 0 Å². The molecule has 8 heteroatoms. The number of aromatic amines is 1. The number of fused-ring (bicyclic) bond motifs is 1. The van der Waals surface area contributed by atoms with Gasteiger partial charge in [-0.25, -0.2) is 4.79 Å². The van der Waals surface area contributed by atoms with Crippen molar-refractivity contribution in [3.05, 3.63) is 101 Å². The normalized spacial score (nSPS) is 18.1. The summed E-state index contributed by atoms with van der Waals surface area (Å²) in [6.45, 7) is 5.01. The summed E-state index contributed by atoms with van der Waals surface area (Å²) in [4.78, 5) is 49.0. The number of benzene rings is 3. The molecular formula is C32H35N5O3. The zero-order chi connectivity index (χ0) is 27.7. The maximum Gasteiger partial charge on any atom is 0.326 e. The van der Waals surface area contributed by atoms with Crippen LogP contribution in [0.4, 0.5) is 5.69 Å². The topological polar surface area (TPSA) is 81.7 Å². The van der Waals surface area contributed by atoms with Crippen molar-refractivity contribution in [3.63, 3.8) is 0 Å². The summed E-state index contributed by atoms with van der Waals surface area (Å²) in [6, 6.07) is 26.9. The van der Waals surface area contributed by atoms with Crippen LogP contribution in [0.1, 0.15) is 37.8 Å². The Bertz CT molecular complexity index is 1550. The summed E-state index contributed by atoms with van der Waals surface area (Å²) < 4.78 is 1.81. The summed E-state index contributed by atoms with van der Waals surface area (Å²) in [5.74, 6) is -0.0000261. The number of hydrogen-bond acceptors (Lipinski definition) is 5. The monoisotopic (exact) mass is 537 g/mol. The molecule has 1 N–H and O–H groups in total. The number of aryl methyl sites for hydroxylation is 1. The quantitative estimate of drug-likeness (QED) is 0.365. The van der Waals surface area contributed by atoms with Crippen LogP contribution in [-0.2, 0) is 16.1 Å². The number of nitrogens with zero attached hydrogens (tertiary/aromatic N) is 4. The minimum Gasteiger partial charge on any atom is -0.339 e. The molecule has 1 amide bonds. The maximum atomic E-state index is 14.3. The van der Waals surface area contributed by atoms with Crippen LogP contribution in [0.3, 0.4) is 0 Å². The number of H-pyrrole nitrogens is 1. The third kappa shape index (κ3) is 4.62. The molecule has 206 valence electrons. The molecule has 3 heterocycles. The third-order valence-corrected chi connectivity index (χ3v) is 8.57. The Hall–Kier alpha value is -4.17. The smallest absolute Gasteiger partial charge is 0.326 e. The average Bonchev–Trinajstić information content (AvgIpc) is 3.44. The fraction of sp³-hybridized carbons (Fsp3) is 0.344. The van der Waals surface area contributed by atoms with Crippen LogP contribution >= 0.6 is 0 Å². The summed E-state index contributed by atoms with van der Waals surface area (Å²) in [5, 5.41) is 0. The van der Waals surface area contributed by atoms with Crippen molar-refractivity contribution in [1.29, 1.82) is 0 Å². The predicted molar refractivity (Wildman–Crippen MR) is 156 cm³/mol. The maximum absolute atomic E-state index is 14.3. The molecular weight excluding hydrogens is 502 g/mol. The van der Waals surface area contributed by atoms with Gasteiger partial charge < -0.3 is 19.7 Å². The Kier molecular flexibility index (Phi) is 7.02. The minimum absolute atomic E-state index is 0.0328. The van der Waals surface area contributed by atoms with E-state index in [1.165, 1.54) is 0 Å². The Morgan fingerprint density at radius 3 is 2.23 bits per heavy atom. The number of hydrogen-bond donors (Lipinski definition) is 1. The lowest BCUT2D eigenvalue weighted by Crippen LogP contribution is -2.56. The van der Waals surface area contributed by atoms with E-state index < -0.39 is 11.6 Å². The molecule has 1 atom stereocenters. The average molecular weight is 538 g/mol. The highest BCUT2D eigenvalue weighted by molar-refractivity contribution is 5.97. The molecule has 1 aromatic heterocycles. The Balaban J connectivity index is 1.19. The summed E-state index contributed by atoms with van der Waals surface area (Å²) in [6.07, 6.45) is 2.21. The van der Waals surface area contributed by atoms with Crippen molar-refractivity contribution in [3.8, 4) is 0 Å². The second kappa shape index (κ2) is 10.8. The van der Waals surface area contributed by atoms with Crippen LogP contribution in [0, 0.1) is 0 Å². The van der Waals surface area contributed by atoms with Gasteiger partial charge in [0.15, 0.2) is 5.78 Å². The number of carbonyl (C=O) groups is 2. The van der Waals surface area contributed by atoms with Gasteiger partial charge in [-0.1, -0.05) is 60.7 Å². The third-order valence-electron chi connectivity index (χ3n) is 8.57. The van der Waals surface area contributed by atoms with Crippen molar-refractivity contribution in [2.75, 3.05) is 31.2 Å². The molecule has 0 aliphatic carbocycles. The Morgan fingerprint density at radius 2 is 1.52 bits per heavy atom. The van der Waals surface area contributed by atoms with Gasteiger partial charge in [-0.3, -0.25) is 14.2 Å². The van der Waals surface area contributed by atoms with Gasteiger partial charge in [-0.15, -0.1) is 0 Å². The lowest BCUT2D eigenvalue weighted by atomic mass is 9.85. The van der Waals surface area contributed by atoms with Crippen molar-refractivity contribution in [1.82, 2.24) is 19.4 Å². The minimum atomic E-state index is -0.686. The number of amides is 1. The molecule has 2 saturated heterocycles. The van der Waals surface area contributed by atoms with Crippen molar-refractivity contribution in [2.45, 2.75) is 44.3 Å². The number of rotatable bonds is 8. The van der Waals surface area contributed by atoms with E-state index in [-0.39, 0.29) is 17.4 Å². The van der Waals surface area contributed by atoms with Crippen molar-refractivity contribution >= 4 is 28.4 Å². The van der Waals surface area contributed by atoms with Gasteiger partial charge in [-0.05, 0) is 62.6 Å². The van der Waals surface area contributed by atoms with Gasteiger partial charge in [0.2, 0.25) is 0 Å². The highest BCUT2D eigenvalue weighted by Crippen LogP contribution is 2.42. The Labute approximate surface area is 233 Å². The molecule has 2 aliphatic rings. The highest BCUT2D eigenvalue weighted by atomic mass is 16.2. The van der Waals surface area contributed by atoms with E-state index in [1.807, 2.05) is 77.4 Å². The van der Waals surface area contributed by atoms with E-state index in [4.69, 9.17) is 0 Å². The second-order valence-electron chi connectivity index (χ2n) is 10.9. The van der Waals surface area contributed by atoms with Crippen LogP contribution in [0.5, 0.6) is 0 Å². The van der Waals surface area contributed by atoms with E-state index in [0.717, 1.165) is 48.3 Å². The fourth-order valence-electron chi connectivity index (χ4n) is 6.55. The molecule has 0 bridgehead atoms. The van der Waals surface area contributed by atoms with E-state index >= 15 is 0 Å². The molecule has 1 spiro atoms. The largest absolute Gasteiger partial charge is 0.339 e. The molecule has 8 nitrogen and oxygen atoms in total. The van der Waals surface area contributed by atoms with Crippen molar-refractivity contribution < 1.29 is 9.59 Å². The number of aromatic nitrogens is 2. The van der Waals surface area contributed by atoms with Gasteiger partial charge in [0.1, 0.15) is 11.6 Å². The first kappa shape index (κ1) is 26.1. The van der Waals surface area contributed by atoms with Gasteiger partial charge in [-0.2, -0.15) is 0 Å². The lowest BCUT2D eigenvalue weighted by molar-refractivity contribution is -0.140. The summed E-state index contributed by atoms with van der Waals surface area (Å²) >= 11 is 0. The molecule has 2 aliphatic heterocycles. The van der Waals surface area contributed by atoms with Crippen LogP contribution in [0.25, 0.3) is 11.0 Å². The Morgan fingerprint density at radius 1 is 0.875 bits per heavy atom.